The molecular formula is C14H16N2O3. The number of hydrogen-bond acceptors (Lipinski definition) is 4. The molecule has 100 valence electrons. The zero-order valence-electron chi connectivity index (χ0n) is 10.7. The lowest BCUT2D eigenvalue weighted by atomic mass is 10.0. The van der Waals surface area contributed by atoms with Crippen molar-refractivity contribution in [3.8, 4) is 0 Å². The van der Waals surface area contributed by atoms with Crippen LogP contribution >= 0.6 is 0 Å². The van der Waals surface area contributed by atoms with Crippen molar-refractivity contribution in [2.45, 2.75) is 26.4 Å². The average Bonchev–Trinajstić information content (AvgIpc) is 2.77. The van der Waals surface area contributed by atoms with E-state index in [2.05, 4.69) is 10.5 Å². The summed E-state index contributed by atoms with van der Waals surface area (Å²) in [6.45, 7) is 3.04. The number of rotatable bonds is 6. The molecule has 0 atom stereocenters. The molecule has 2 aromatic rings. The molecule has 2 rings (SSSR count). The minimum absolute atomic E-state index is 0.0409. The third-order valence-electron chi connectivity index (χ3n) is 2.75. The first-order chi connectivity index (χ1) is 9.15. The largest absolute Gasteiger partial charge is 0.481 e. The van der Waals surface area contributed by atoms with Crippen LogP contribution in [-0.4, -0.2) is 16.2 Å². The first-order valence-electron chi connectivity index (χ1n) is 6.06. The van der Waals surface area contributed by atoms with Gasteiger partial charge in [0.1, 0.15) is 0 Å². The van der Waals surface area contributed by atoms with Crippen molar-refractivity contribution in [1.82, 2.24) is 10.5 Å². The maximum Gasteiger partial charge on any atom is 0.307 e. The summed E-state index contributed by atoms with van der Waals surface area (Å²) < 4.78 is 5.09. The lowest BCUT2D eigenvalue weighted by molar-refractivity contribution is -0.136. The Kier molecular flexibility index (Phi) is 4.30. The molecule has 1 aromatic carbocycles. The van der Waals surface area contributed by atoms with E-state index in [1.54, 1.807) is 0 Å². The maximum absolute atomic E-state index is 10.8. The normalized spacial score (nSPS) is 10.6. The third kappa shape index (κ3) is 3.93. The summed E-state index contributed by atoms with van der Waals surface area (Å²) in [5, 5.41) is 15.9. The topological polar surface area (TPSA) is 75.4 Å². The van der Waals surface area contributed by atoms with Crippen molar-refractivity contribution in [1.29, 1.82) is 0 Å². The van der Waals surface area contributed by atoms with Gasteiger partial charge in [-0.2, -0.15) is 0 Å². The standard InChI is InChI=1S/C14H16N2O3/c1-10-6-13(19-16-10)9-15-8-12-5-3-2-4-11(12)7-14(17)18/h2-6,15H,7-9H2,1H3,(H,17,18). The summed E-state index contributed by atoms with van der Waals surface area (Å²) in [5.41, 5.74) is 2.67. The van der Waals surface area contributed by atoms with E-state index < -0.39 is 5.97 Å². The maximum atomic E-state index is 10.8. The van der Waals surface area contributed by atoms with Crippen LogP contribution in [0, 0.1) is 6.92 Å². The van der Waals surface area contributed by atoms with Crippen LogP contribution in [0.2, 0.25) is 0 Å². The number of carboxylic acid groups (broad SMARTS) is 1. The van der Waals surface area contributed by atoms with Crippen molar-refractivity contribution in [3.05, 3.63) is 52.9 Å². The Morgan fingerprint density at radius 1 is 1.32 bits per heavy atom. The molecule has 0 aliphatic heterocycles. The van der Waals surface area contributed by atoms with Gasteiger partial charge in [0.05, 0.1) is 18.7 Å². The summed E-state index contributed by atoms with van der Waals surface area (Å²) in [7, 11) is 0. The Bertz CT molecular complexity index is 563. The zero-order valence-corrected chi connectivity index (χ0v) is 10.7. The molecule has 19 heavy (non-hydrogen) atoms. The highest BCUT2D eigenvalue weighted by atomic mass is 16.5. The van der Waals surface area contributed by atoms with Crippen LogP contribution < -0.4 is 5.32 Å². The summed E-state index contributed by atoms with van der Waals surface area (Å²) in [6, 6.07) is 9.39. The van der Waals surface area contributed by atoms with Gasteiger partial charge >= 0.3 is 5.97 Å². The van der Waals surface area contributed by atoms with Gasteiger partial charge in [-0.3, -0.25) is 4.79 Å². The Labute approximate surface area is 111 Å². The van der Waals surface area contributed by atoms with E-state index in [9.17, 15) is 4.79 Å². The number of aryl methyl sites for hydroxylation is 1. The van der Waals surface area contributed by atoms with Crippen LogP contribution in [0.3, 0.4) is 0 Å². The summed E-state index contributed by atoms with van der Waals surface area (Å²) in [6.07, 6.45) is 0.0409. The highest BCUT2D eigenvalue weighted by molar-refractivity contribution is 5.70. The third-order valence-corrected chi connectivity index (χ3v) is 2.75. The van der Waals surface area contributed by atoms with E-state index in [0.29, 0.717) is 13.1 Å². The molecule has 0 aliphatic carbocycles. The molecule has 0 unspecified atom stereocenters. The minimum Gasteiger partial charge on any atom is -0.481 e. The molecular weight excluding hydrogens is 244 g/mol. The monoisotopic (exact) mass is 260 g/mol. The number of carboxylic acids is 1. The van der Waals surface area contributed by atoms with Gasteiger partial charge in [0.15, 0.2) is 5.76 Å². The van der Waals surface area contributed by atoms with Crippen LogP contribution in [0.15, 0.2) is 34.9 Å². The first-order valence-corrected chi connectivity index (χ1v) is 6.06. The van der Waals surface area contributed by atoms with Crippen molar-refractivity contribution in [2.24, 2.45) is 0 Å². The van der Waals surface area contributed by atoms with Gasteiger partial charge in [-0.25, -0.2) is 0 Å². The molecule has 0 saturated heterocycles. The quantitative estimate of drug-likeness (QED) is 0.829. The molecule has 2 N–H and O–H groups in total. The number of hydrogen-bond donors (Lipinski definition) is 2. The van der Waals surface area contributed by atoms with Crippen LogP contribution in [0.1, 0.15) is 22.6 Å². The minimum atomic E-state index is -0.821. The van der Waals surface area contributed by atoms with Gasteiger partial charge in [0.25, 0.3) is 0 Å². The Balaban J connectivity index is 1.93. The lowest BCUT2D eigenvalue weighted by Crippen LogP contribution is -2.14. The Morgan fingerprint density at radius 3 is 2.68 bits per heavy atom. The van der Waals surface area contributed by atoms with Crippen molar-refractivity contribution < 1.29 is 14.4 Å². The summed E-state index contributed by atoms with van der Waals surface area (Å²) >= 11 is 0. The molecule has 1 heterocycles. The van der Waals surface area contributed by atoms with E-state index in [1.165, 1.54) is 0 Å². The number of carbonyl (C=O) groups is 1. The van der Waals surface area contributed by atoms with Gasteiger partial charge in [0.2, 0.25) is 0 Å². The molecule has 0 spiro atoms. The first kappa shape index (κ1) is 13.3. The predicted molar refractivity (Wildman–Crippen MR) is 69.6 cm³/mol. The number of nitrogens with zero attached hydrogens (tertiary/aromatic N) is 1. The van der Waals surface area contributed by atoms with Crippen LogP contribution in [0.5, 0.6) is 0 Å². The van der Waals surface area contributed by atoms with Gasteiger partial charge in [-0.15, -0.1) is 0 Å². The van der Waals surface area contributed by atoms with Crippen molar-refractivity contribution in [2.75, 3.05) is 0 Å². The zero-order chi connectivity index (χ0) is 13.7. The highest BCUT2D eigenvalue weighted by Crippen LogP contribution is 2.10. The van der Waals surface area contributed by atoms with E-state index in [-0.39, 0.29) is 6.42 Å². The molecule has 5 heteroatoms. The van der Waals surface area contributed by atoms with Crippen LogP contribution in [-0.2, 0) is 24.3 Å². The molecule has 0 aliphatic rings. The number of aromatic nitrogens is 1. The number of nitrogens with one attached hydrogen (secondary N) is 1. The second-order valence-electron chi connectivity index (χ2n) is 4.38. The molecule has 0 fully saturated rings. The second-order valence-corrected chi connectivity index (χ2v) is 4.38. The predicted octanol–water partition coefficient (Wildman–Crippen LogP) is 1.90. The number of benzene rings is 1. The molecule has 0 amide bonds. The molecule has 5 nitrogen and oxygen atoms in total. The second kappa shape index (κ2) is 6.15. The van der Waals surface area contributed by atoms with E-state index in [1.807, 2.05) is 37.3 Å². The van der Waals surface area contributed by atoms with Gasteiger partial charge in [-0.05, 0) is 18.1 Å². The highest BCUT2D eigenvalue weighted by Gasteiger charge is 2.06. The fourth-order valence-electron chi connectivity index (χ4n) is 1.89. The van der Waals surface area contributed by atoms with Gasteiger partial charge in [0, 0.05) is 12.6 Å². The fraction of sp³-hybridized carbons (Fsp3) is 0.286. The van der Waals surface area contributed by atoms with E-state index in [4.69, 9.17) is 9.63 Å². The SMILES string of the molecule is Cc1cc(CNCc2ccccc2CC(=O)O)on1. The van der Waals surface area contributed by atoms with Gasteiger partial charge in [-0.1, -0.05) is 29.4 Å². The summed E-state index contributed by atoms with van der Waals surface area (Å²) in [5.74, 6) is -0.0495. The van der Waals surface area contributed by atoms with Gasteiger partial charge < -0.3 is 14.9 Å². The molecule has 1 aromatic heterocycles. The Hall–Kier alpha value is -2.14. The smallest absolute Gasteiger partial charge is 0.307 e. The van der Waals surface area contributed by atoms with Crippen LogP contribution in [0.4, 0.5) is 0 Å². The molecule has 0 saturated carbocycles. The van der Waals surface area contributed by atoms with Crippen molar-refractivity contribution >= 4 is 5.97 Å². The Morgan fingerprint density at radius 2 is 2.05 bits per heavy atom. The van der Waals surface area contributed by atoms with E-state index in [0.717, 1.165) is 22.6 Å². The average molecular weight is 260 g/mol. The lowest BCUT2D eigenvalue weighted by Gasteiger charge is -2.08. The van der Waals surface area contributed by atoms with Crippen molar-refractivity contribution in [3.63, 3.8) is 0 Å². The molecule has 0 radical (unpaired) electrons. The molecule has 0 bridgehead atoms. The van der Waals surface area contributed by atoms with Crippen LogP contribution in [0.25, 0.3) is 0 Å². The van der Waals surface area contributed by atoms with E-state index >= 15 is 0 Å². The number of aliphatic carboxylic acids is 1. The summed E-state index contributed by atoms with van der Waals surface area (Å²) in [4.78, 5) is 10.8. The fourth-order valence-corrected chi connectivity index (χ4v) is 1.89.